The van der Waals surface area contributed by atoms with Gasteiger partial charge in [-0.2, -0.15) is 0 Å². The number of amides is 3. The lowest BCUT2D eigenvalue weighted by Gasteiger charge is -2.13. The second-order valence-corrected chi connectivity index (χ2v) is 8.11. The lowest BCUT2D eigenvalue weighted by Crippen LogP contribution is -2.36. The standard InChI is InChI=1S/C24H18Cl2N4O3/c1-14-5-4-6-17(11-14)27-22(31)21-13-15-12-16(25)9-10-20(15)30(21)29-24(33)23(32)28-19-8-3-2-7-18(19)26/h2-13H,1H3,(H,27,31)(H,28,32)(H,29,33). The molecule has 0 saturated carbocycles. The first-order chi connectivity index (χ1) is 15.8. The van der Waals surface area contributed by atoms with Gasteiger partial charge in [0.25, 0.3) is 5.91 Å². The summed E-state index contributed by atoms with van der Waals surface area (Å²) in [5.41, 5.74) is 4.96. The van der Waals surface area contributed by atoms with E-state index >= 15 is 0 Å². The summed E-state index contributed by atoms with van der Waals surface area (Å²) in [6, 6.07) is 20.4. The number of anilines is 2. The maximum Gasteiger partial charge on any atom is 0.328 e. The first-order valence-electron chi connectivity index (χ1n) is 9.88. The molecule has 0 radical (unpaired) electrons. The van der Waals surface area contributed by atoms with Gasteiger partial charge in [0.15, 0.2) is 0 Å². The molecule has 0 aliphatic carbocycles. The van der Waals surface area contributed by atoms with Crippen LogP contribution in [-0.2, 0) is 9.59 Å². The summed E-state index contributed by atoms with van der Waals surface area (Å²) in [6.45, 7) is 1.91. The molecule has 0 aliphatic rings. The number of hydrogen-bond donors (Lipinski definition) is 3. The molecule has 0 spiro atoms. The van der Waals surface area contributed by atoms with Crippen molar-refractivity contribution in [3.05, 3.63) is 94.1 Å². The molecule has 9 heteroatoms. The zero-order chi connectivity index (χ0) is 23.5. The van der Waals surface area contributed by atoms with Crippen LogP contribution in [0.5, 0.6) is 0 Å². The SMILES string of the molecule is Cc1cccc(NC(=O)c2cc3cc(Cl)ccc3n2NC(=O)C(=O)Nc2ccccc2Cl)c1. The monoisotopic (exact) mass is 480 g/mol. The highest BCUT2D eigenvalue weighted by Gasteiger charge is 2.21. The molecular formula is C24H18Cl2N4O3. The average molecular weight is 481 g/mol. The molecule has 0 unspecified atom stereocenters. The minimum absolute atomic E-state index is 0.118. The van der Waals surface area contributed by atoms with Crippen LogP contribution < -0.4 is 16.1 Å². The molecule has 1 heterocycles. The van der Waals surface area contributed by atoms with Crippen LogP contribution in [0.4, 0.5) is 11.4 Å². The quantitative estimate of drug-likeness (QED) is 0.349. The number of nitrogens with zero attached hydrogens (tertiary/aromatic N) is 1. The Labute approximate surface area is 199 Å². The van der Waals surface area contributed by atoms with Gasteiger partial charge in [0.2, 0.25) is 0 Å². The van der Waals surface area contributed by atoms with Gasteiger partial charge < -0.3 is 10.6 Å². The first-order valence-corrected chi connectivity index (χ1v) is 10.6. The Morgan fingerprint density at radius 1 is 0.818 bits per heavy atom. The maximum atomic E-state index is 13.1. The van der Waals surface area contributed by atoms with Crippen molar-refractivity contribution in [2.75, 3.05) is 16.1 Å². The van der Waals surface area contributed by atoms with Crippen molar-refractivity contribution in [3.63, 3.8) is 0 Å². The fourth-order valence-corrected chi connectivity index (χ4v) is 3.65. The molecule has 0 aliphatic heterocycles. The fraction of sp³-hybridized carbons (Fsp3) is 0.0417. The van der Waals surface area contributed by atoms with Crippen molar-refractivity contribution in [3.8, 4) is 0 Å². The Kier molecular flexibility index (Phi) is 6.35. The highest BCUT2D eigenvalue weighted by Crippen LogP contribution is 2.24. The number of carbonyl (C=O) groups is 3. The molecule has 33 heavy (non-hydrogen) atoms. The zero-order valence-corrected chi connectivity index (χ0v) is 18.9. The van der Waals surface area contributed by atoms with Crippen molar-refractivity contribution in [2.45, 2.75) is 6.92 Å². The summed E-state index contributed by atoms with van der Waals surface area (Å²) in [5.74, 6) is -2.39. The second kappa shape index (κ2) is 9.36. The van der Waals surface area contributed by atoms with Crippen LogP contribution in [-0.4, -0.2) is 22.4 Å². The molecule has 166 valence electrons. The molecule has 7 nitrogen and oxygen atoms in total. The summed E-state index contributed by atoms with van der Waals surface area (Å²) in [5, 5.41) is 6.63. The van der Waals surface area contributed by atoms with Crippen LogP contribution in [0, 0.1) is 6.92 Å². The van der Waals surface area contributed by atoms with Crippen molar-refractivity contribution in [1.29, 1.82) is 0 Å². The van der Waals surface area contributed by atoms with Gasteiger partial charge in [-0.05, 0) is 61.0 Å². The summed E-state index contributed by atoms with van der Waals surface area (Å²) in [6.07, 6.45) is 0. The average Bonchev–Trinajstić information content (AvgIpc) is 3.12. The molecule has 0 fully saturated rings. The minimum atomic E-state index is -0.980. The molecule has 0 saturated heterocycles. The lowest BCUT2D eigenvalue weighted by molar-refractivity contribution is -0.133. The van der Waals surface area contributed by atoms with E-state index in [-0.39, 0.29) is 10.7 Å². The van der Waals surface area contributed by atoms with Gasteiger partial charge in [-0.15, -0.1) is 0 Å². The number of hydrogen-bond acceptors (Lipinski definition) is 3. The number of para-hydroxylation sites is 1. The van der Waals surface area contributed by atoms with E-state index < -0.39 is 17.7 Å². The van der Waals surface area contributed by atoms with Crippen LogP contribution in [0.25, 0.3) is 10.9 Å². The van der Waals surface area contributed by atoms with E-state index in [4.69, 9.17) is 23.2 Å². The number of halogens is 2. The third-order valence-electron chi connectivity index (χ3n) is 4.81. The van der Waals surface area contributed by atoms with Crippen molar-refractivity contribution in [1.82, 2.24) is 4.68 Å². The van der Waals surface area contributed by atoms with Gasteiger partial charge in [-0.3, -0.25) is 19.8 Å². The van der Waals surface area contributed by atoms with Crippen LogP contribution in [0.3, 0.4) is 0 Å². The van der Waals surface area contributed by atoms with E-state index in [1.165, 1.54) is 4.68 Å². The molecule has 0 bridgehead atoms. The van der Waals surface area contributed by atoms with Gasteiger partial charge in [-0.1, -0.05) is 47.5 Å². The third-order valence-corrected chi connectivity index (χ3v) is 5.38. The maximum absolute atomic E-state index is 13.1. The van der Waals surface area contributed by atoms with E-state index in [1.807, 2.05) is 25.1 Å². The minimum Gasteiger partial charge on any atom is -0.321 e. The van der Waals surface area contributed by atoms with E-state index in [1.54, 1.807) is 54.6 Å². The number of rotatable bonds is 4. The fourth-order valence-electron chi connectivity index (χ4n) is 3.29. The van der Waals surface area contributed by atoms with E-state index in [0.29, 0.717) is 27.3 Å². The number of carbonyl (C=O) groups excluding carboxylic acids is 3. The highest BCUT2D eigenvalue weighted by molar-refractivity contribution is 6.44. The summed E-state index contributed by atoms with van der Waals surface area (Å²) in [4.78, 5) is 38.2. The summed E-state index contributed by atoms with van der Waals surface area (Å²) < 4.78 is 1.26. The van der Waals surface area contributed by atoms with Gasteiger partial charge in [0.1, 0.15) is 5.69 Å². The van der Waals surface area contributed by atoms with Crippen LogP contribution in [0.2, 0.25) is 10.0 Å². The number of benzene rings is 3. The summed E-state index contributed by atoms with van der Waals surface area (Å²) >= 11 is 12.1. The Balaban J connectivity index is 1.64. The van der Waals surface area contributed by atoms with Crippen LogP contribution in [0.1, 0.15) is 16.1 Å². The number of fused-ring (bicyclic) bond motifs is 1. The predicted molar refractivity (Wildman–Crippen MR) is 131 cm³/mol. The molecule has 1 aromatic heterocycles. The molecule has 3 N–H and O–H groups in total. The third kappa shape index (κ3) is 5.00. The van der Waals surface area contributed by atoms with Crippen molar-refractivity contribution >= 4 is 63.2 Å². The molecule has 3 amide bonds. The van der Waals surface area contributed by atoms with Gasteiger partial charge >= 0.3 is 11.8 Å². The molecule has 0 atom stereocenters. The van der Waals surface area contributed by atoms with Gasteiger partial charge in [0.05, 0.1) is 16.2 Å². The largest absolute Gasteiger partial charge is 0.328 e. The van der Waals surface area contributed by atoms with Gasteiger partial charge in [0, 0.05) is 16.1 Å². The summed E-state index contributed by atoms with van der Waals surface area (Å²) in [7, 11) is 0. The predicted octanol–water partition coefficient (Wildman–Crippen LogP) is 5.22. The van der Waals surface area contributed by atoms with Gasteiger partial charge in [-0.25, -0.2) is 4.68 Å². The Hall–Kier alpha value is -3.81. The first kappa shape index (κ1) is 22.4. The molecule has 4 aromatic rings. The number of nitrogens with one attached hydrogen (secondary N) is 3. The topological polar surface area (TPSA) is 92.2 Å². The Morgan fingerprint density at radius 2 is 1.61 bits per heavy atom. The normalized spacial score (nSPS) is 10.6. The number of aryl methyl sites for hydroxylation is 1. The lowest BCUT2D eigenvalue weighted by atomic mass is 10.2. The highest BCUT2D eigenvalue weighted by atomic mass is 35.5. The smallest absolute Gasteiger partial charge is 0.321 e. The molecule has 3 aromatic carbocycles. The Morgan fingerprint density at radius 3 is 2.36 bits per heavy atom. The zero-order valence-electron chi connectivity index (χ0n) is 17.4. The number of aromatic nitrogens is 1. The van der Waals surface area contributed by atoms with Crippen molar-refractivity contribution < 1.29 is 14.4 Å². The van der Waals surface area contributed by atoms with E-state index in [0.717, 1.165) is 5.56 Å². The van der Waals surface area contributed by atoms with Crippen LogP contribution >= 0.6 is 23.2 Å². The molecule has 4 rings (SSSR count). The molecular weight excluding hydrogens is 463 g/mol. The van der Waals surface area contributed by atoms with E-state index in [2.05, 4.69) is 16.1 Å². The van der Waals surface area contributed by atoms with Crippen LogP contribution in [0.15, 0.2) is 72.8 Å². The van der Waals surface area contributed by atoms with E-state index in [9.17, 15) is 14.4 Å². The Bertz CT molecular complexity index is 1400. The second-order valence-electron chi connectivity index (χ2n) is 7.27. The van der Waals surface area contributed by atoms with Crippen molar-refractivity contribution in [2.24, 2.45) is 0 Å².